The van der Waals surface area contributed by atoms with Gasteiger partial charge in [0.2, 0.25) is 5.91 Å². The molecular weight excluding hydrogens is 194 g/mol. The maximum atomic E-state index is 11.9. The van der Waals surface area contributed by atoms with Gasteiger partial charge in [0.15, 0.2) is 0 Å². The molecule has 1 fully saturated rings. The molecule has 1 aliphatic heterocycles. The van der Waals surface area contributed by atoms with E-state index in [0.717, 1.165) is 19.4 Å². The lowest BCUT2D eigenvalue weighted by atomic mass is 10.0. The van der Waals surface area contributed by atoms with E-state index >= 15 is 0 Å². The Morgan fingerprint density at radius 3 is 2.67 bits per heavy atom. The van der Waals surface area contributed by atoms with Crippen molar-refractivity contribution in [3.8, 4) is 0 Å². The molecule has 3 N–H and O–H groups in total. The van der Waals surface area contributed by atoms with Crippen LogP contribution in [0.2, 0.25) is 0 Å². The summed E-state index contributed by atoms with van der Waals surface area (Å²) >= 11 is 0. The number of likely N-dealkylation sites (tertiary alicyclic amines) is 1. The number of nitrogens with two attached hydrogens (primary N) is 1. The summed E-state index contributed by atoms with van der Waals surface area (Å²) in [5.41, 5.74) is 4.97. The molecule has 15 heavy (non-hydrogen) atoms. The molecule has 86 valence electrons. The molecule has 0 aromatic rings. The van der Waals surface area contributed by atoms with Gasteiger partial charge in [-0.25, -0.2) is 4.79 Å². The van der Waals surface area contributed by atoms with Crippen LogP contribution < -0.4 is 11.1 Å². The minimum absolute atomic E-state index is 0.0407. The second kappa shape index (κ2) is 5.00. The van der Waals surface area contributed by atoms with E-state index in [9.17, 15) is 9.59 Å². The Hall–Kier alpha value is -1.26. The Bertz CT molecular complexity index is 255. The highest BCUT2D eigenvalue weighted by Crippen LogP contribution is 2.17. The number of rotatable bonds is 2. The second-order valence-electron chi connectivity index (χ2n) is 4.11. The van der Waals surface area contributed by atoms with Crippen molar-refractivity contribution in [1.82, 2.24) is 10.2 Å². The van der Waals surface area contributed by atoms with Gasteiger partial charge in [-0.15, -0.1) is 0 Å². The van der Waals surface area contributed by atoms with Crippen molar-refractivity contribution in [2.45, 2.75) is 45.2 Å². The van der Waals surface area contributed by atoms with Crippen LogP contribution in [0, 0.1) is 0 Å². The Kier molecular flexibility index (Phi) is 3.94. The summed E-state index contributed by atoms with van der Waals surface area (Å²) in [7, 11) is 0. The highest BCUT2D eigenvalue weighted by Gasteiger charge is 2.27. The average Bonchev–Trinajstić information content (AvgIpc) is 2.16. The second-order valence-corrected chi connectivity index (χ2v) is 4.11. The van der Waals surface area contributed by atoms with Crippen molar-refractivity contribution < 1.29 is 9.59 Å². The molecule has 5 nitrogen and oxygen atoms in total. The van der Waals surface area contributed by atoms with Gasteiger partial charge in [0.1, 0.15) is 6.04 Å². The molecular formula is C10H19N3O2. The quantitative estimate of drug-likeness (QED) is 0.698. The smallest absolute Gasteiger partial charge is 0.312 e. The van der Waals surface area contributed by atoms with Gasteiger partial charge in [0, 0.05) is 12.6 Å². The molecule has 3 amide bonds. The van der Waals surface area contributed by atoms with Gasteiger partial charge < -0.3 is 16.0 Å². The van der Waals surface area contributed by atoms with Crippen LogP contribution in [0.3, 0.4) is 0 Å². The van der Waals surface area contributed by atoms with Crippen LogP contribution in [0.25, 0.3) is 0 Å². The van der Waals surface area contributed by atoms with Crippen LogP contribution in [-0.4, -0.2) is 35.5 Å². The summed E-state index contributed by atoms with van der Waals surface area (Å²) in [6.45, 7) is 4.48. The number of carbonyl (C=O) groups is 2. The zero-order valence-electron chi connectivity index (χ0n) is 9.32. The Morgan fingerprint density at radius 1 is 1.47 bits per heavy atom. The molecule has 0 bridgehead atoms. The number of hydrogen-bond donors (Lipinski definition) is 2. The summed E-state index contributed by atoms with van der Waals surface area (Å²) in [6, 6.07) is -0.910. The van der Waals surface area contributed by atoms with Crippen LogP contribution in [0.15, 0.2) is 0 Å². The normalized spacial score (nSPS) is 23.3. The predicted molar refractivity (Wildman–Crippen MR) is 57.2 cm³/mol. The molecule has 0 aliphatic carbocycles. The van der Waals surface area contributed by atoms with Crippen molar-refractivity contribution in [2.75, 3.05) is 6.54 Å². The van der Waals surface area contributed by atoms with Gasteiger partial charge >= 0.3 is 6.03 Å². The van der Waals surface area contributed by atoms with E-state index in [2.05, 4.69) is 5.32 Å². The van der Waals surface area contributed by atoms with E-state index in [-0.39, 0.29) is 11.9 Å². The summed E-state index contributed by atoms with van der Waals surface area (Å²) in [6.07, 6.45) is 3.25. The Morgan fingerprint density at radius 2 is 2.13 bits per heavy atom. The first-order valence-electron chi connectivity index (χ1n) is 5.39. The fourth-order valence-corrected chi connectivity index (χ4v) is 1.95. The molecule has 2 atom stereocenters. The first kappa shape index (κ1) is 11.8. The molecule has 0 saturated carbocycles. The third-order valence-electron chi connectivity index (χ3n) is 2.82. The lowest BCUT2D eigenvalue weighted by Gasteiger charge is -2.35. The highest BCUT2D eigenvalue weighted by molar-refractivity contribution is 5.86. The van der Waals surface area contributed by atoms with Gasteiger partial charge in [0.05, 0.1) is 0 Å². The summed E-state index contributed by atoms with van der Waals surface area (Å²) < 4.78 is 0. The third kappa shape index (κ3) is 3.11. The monoisotopic (exact) mass is 213 g/mol. The number of hydrogen-bond acceptors (Lipinski definition) is 2. The number of urea groups is 1. The maximum absolute atomic E-state index is 11.9. The molecule has 0 aromatic heterocycles. The standard InChI is InChI=1S/C10H19N3O2/c1-7-5-3-4-6-13(7)9(14)8(2)12-10(11)15/h7-8H,3-6H2,1-2H3,(H3,11,12,15). The number of piperidine rings is 1. The Balaban J connectivity index is 2.54. The molecule has 1 heterocycles. The summed E-state index contributed by atoms with van der Waals surface area (Å²) in [4.78, 5) is 24.3. The van der Waals surface area contributed by atoms with Gasteiger partial charge in [-0.2, -0.15) is 0 Å². The van der Waals surface area contributed by atoms with Crippen LogP contribution >= 0.6 is 0 Å². The number of nitrogens with zero attached hydrogens (tertiary/aromatic N) is 1. The third-order valence-corrected chi connectivity index (χ3v) is 2.82. The minimum Gasteiger partial charge on any atom is -0.352 e. The lowest BCUT2D eigenvalue weighted by Crippen LogP contribution is -2.52. The first-order chi connectivity index (χ1) is 7.02. The highest BCUT2D eigenvalue weighted by atomic mass is 16.2. The van der Waals surface area contributed by atoms with E-state index in [0.29, 0.717) is 0 Å². The molecule has 2 unspecified atom stereocenters. The van der Waals surface area contributed by atoms with Crippen LogP contribution in [0.4, 0.5) is 4.79 Å². The molecule has 0 aromatic carbocycles. The number of nitrogens with one attached hydrogen (secondary N) is 1. The van der Waals surface area contributed by atoms with Crippen molar-refractivity contribution in [3.63, 3.8) is 0 Å². The van der Waals surface area contributed by atoms with Gasteiger partial charge in [0.25, 0.3) is 0 Å². The van der Waals surface area contributed by atoms with E-state index < -0.39 is 12.1 Å². The zero-order chi connectivity index (χ0) is 11.4. The number of primary amides is 1. The molecule has 0 spiro atoms. The van der Waals surface area contributed by atoms with Crippen molar-refractivity contribution in [3.05, 3.63) is 0 Å². The Labute approximate surface area is 90.0 Å². The number of amides is 3. The van der Waals surface area contributed by atoms with E-state index in [4.69, 9.17) is 5.73 Å². The average molecular weight is 213 g/mol. The molecule has 1 saturated heterocycles. The molecule has 5 heteroatoms. The van der Waals surface area contributed by atoms with E-state index in [1.54, 1.807) is 6.92 Å². The van der Waals surface area contributed by atoms with E-state index in [1.165, 1.54) is 6.42 Å². The number of carbonyl (C=O) groups excluding carboxylic acids is 2. The summed E-state index contributed by atoms with van der Waals surface area (Å²) in [5, 5.41) is 2.41. The van der Waals surface area contributed by atoms with Crippen molar-refractivity contribution in [2.24, 2.45) is 5.73 Å². The van der Waals surface area contributed by atoms with Gasteiger partial charge in [-0.05, 0) is 33.1 Å². The molecule has 1 rings (SSSR count). The maximum Gasteiger partial charge on any atom is 0.312 e. The molecule has 1 aliphatic rings. The SMILES string of the molecule is CC(NC(N)=O)C(=O)N1CCCCC1C. The lowest BCUT2D eigenvalue weighted by molar-refractivity contribution is -0.136. The van der Waals surface area contributed by atoms with Crippen LogP contribution in [-0.2, 0) is 4.79 Å². The largest absolute Gasteiger partial charge is 0.352 e. The first-order valence-corrected chi connectivity index (χ1v) is 5.39. The summed E-state index contributed by atoms with van der Waals surface area (Å²) in [5.74, 6) is -0.0407. The van der Waals surface area contributed by atoms with E-state index in [1.807, 2.05) is 11.8 Å². The van der Waals surface area contributed by atoms with Crippen LogP contribution in [0.1, 0.15) is 33.1 Å². The van der Waals surface area contributed by atoms with Crippen molar-refractivity contribution >= 4 is 11.9 Å². The van der Waals surface area contributed by atoms with Crippen LogP contribution in [0.5, 0.6) is 0 Å². The fraction of sp³-hybridized carbons (Fsp3) is 0.800. The minimum atomic E-state index is -0.652. The van der Waals surface area contributed by atoms with Crippen molar-refractivity contribution in [1.29, 1.82) is 0 Å². The molecule has 0 radical (unpaired) electrons. The fourth-order valence-electron chi connectivity index (χ4n) is 1.95. The zero-order valence-corrected chi connectivity index (χ0v) is 9.32. The predicted octanol–water partition coefficient (Wildman–Crippen LogP) is 0.444. The van der Waals surface area contributed by atoms with Gasteiger partial charge in [-0.1, -0.05) is 0 Å². The topological polar surface area (TPSA) is 75.4 Å². The van der Waals surface area contributed by atoms with Gasteiger partial charge in [-0.3, -0.25) is 4.79 Å².